The highest BCUT2D eigenvalue weighted by molar-refractivity contribution is 6.30. The lowest BCUT2D eigenvalue weighted by atomic mass is 10.1. The summed E-state index contributed by atoms with van der Waals surface area (Å²) in [6.07, 6.45) is 0. The maximum atomic E-state index is 12.3. The van der Waals surface area contributed by atoms with Crippen molar-refractivity contribution in [1.29, 1.82) is 0 Å². The molecule has 0 saturated carbocycles. The molecule has 2 aromatic rings. The van der Waals surface area contributed by atoms with Crippen LogP contribution in [-0.2, 0) is 0 Å². The van der Waals surface area contributed by atoms with Gasteiger partial charge in [-0.15, -0.1) is 0 Å². The second kappa shape index (κ2) is 8.94. The van der Waals surface area contributed by atoms with Crippen molar-refractivity contribution in [3.8, 4) is 11.5 Å². The van der Waals surface area contributed by atoms with E-state index in [0.717, 1.165) is 0 Å². The Morgan fingerprint density at radius 1 is 0.920 bits per heavy atom. The molecule has 0 spiro atoms. The van der Waals surface area contributed by atoms with Gasteiger partial charge >= 0.3 is 0 Å². The van der Waals surface area contributed by atoms with Crippen molar-refractivity contribution in [1.82, 2.24) is 10.6 Å². The van der Waals surface area contributed by atoms with Crippen molar-refractivity contribution in [3.63, 3.8) is 0 Å². The van der Waals surface area contributed by atoms with E-state index in [1.807, 2.05) is 0 Å². The molecule has 0 aliphatic rings. The fourth-order valence-corrected chi connectivity index (χ4v) is 2.27. The highest BCUT2D eigenvalue weighted by atomic mass is 35.5. The number of carbonyl (C=O) groups excluding carboxylic acids is 2. The molecular weight excluding hydrogens is 344 g/mol. The third-order valence-electron chi connectivity index (χ3n) is 3.45. The Labute approximate surface area is 151 Å². The Kier molecular flexibility index (Phi) is 6.65. The van der Waals surface area contributed by atoms with Crippen LogP contribution >= 0.6 is 11.6 Å². The van der Waals surface area contributed by atoms with Gasteiger partial charge in [0.1, 0.15) is 11.5 Å². The molecule has 7 heteroatoms. The molecule has 0 heterocycles. The molecule has 0 aliphatic heterocycles. The molecule has 0 atom stereocenters. The highest BCUT2D eigenvalue weighted by Gasteiger charge is 2.13. The Balaban J connectivity index is 1.86. The lowest BCUT2D eigenvalue weighted by Crippen LogP contribution is -2.34. The average Bonchev–Trinajstić information content (AvgIpc) is 2.64. The standard InChI is InChI=1S/C18H19ClN2O4/c1-24-14-7-8-16(25-2)15(11-14)18(23)21-10-9-20-17(22)12-3-5-13(19)6-4-12/h3-8,11H,9-10H2,1-2H3,(H,20,22)(H,21,23). The lowest BCUT2D eigenvalue weighted by Gasteiger charge is -2.11. The maximum Gasteiger partial charge on any atom is 0.255 e. The first-order chi connectivity index (χ1) is 12.0. The Morgan fingerprint density at radius 3 is 2.16 bits per heavy atom. The Morgan fingerprint density at radius 2 is 1.56 bits per heavy atom. The molecular formula is C18H19ClN2O4. The fraction of sp³-hybridized carbons (Fsp3) is 0.222. The number of hydrogen-bond donors (Lipinski definition) is 2. The largest absolute Gasteiger partial charge is 0.497 e. The van der Waals surface area contributed by atoms with Crippen molar-refractivity contribution < 1.29 is 19.1 Å². The molecule has 0 radical (unpaired) electrons. The second-order valence-corrected chi connectivity index (χ2v) is 5.52. The molecule has 6 nitrogen and oxygen atoms in total. The van der Waals surface area contributed by atoms with Gasteiger partial charge in [-0.25, -0.2) is 0 Å². The van der Waals surface area contributed by atoms with Crippen molar-refractivity contribution in [2.24, 2.45) is 0 Å². The minimum absolute atomic E-state index is 0.232. The predicted octanol–water partition coefficient (Wildman–Crippen LogP) is 2.52. The minimum atomic E-state index is -0.309. The molecule has 25 heavy (non-hydrogen) atoms. The number of amides is 2. The molecule has 2 rings (SSSR count). The van der Waals surface area contributed by atoms with E-state index in [9.17, 15) is 9.59 Å². The van der Waals surface area contributed by atoms with Gasteiger partial charge in [0.25, 0.3) is 11.8 Å². The van der Waals surface area contributed by atoms with Gasteiger partial charge in [-0.2, -0.15) is 0 Å². The van der Waals surface area contributed by atoms with Crippen molar-refractivity contribution >= 4 is 23.4 Å². The number of ether oxygens (including phenoxy) is 2. The van der Waals surface area contributed by atoms with Crippen LogP contribution in [0, 0.1) is 0 Å². The average molecular weight is 363 g/mol. The van der Waals surface area contributed by atoms with Gasteiger partial charge in [0, 0.05) is 23.7 Å². The van der Waals surface area contributed by atoms with E-state index < -0.39 is 0 Å². The van der Waals surface area contributed by atoms with Crippen molar-refractivity contribution in [2.75, 3.05) is 27.3 Å². The number of benzene rings is 2. The predicted molar refractivity (Wildman–Crippen MR) is 95.7 cm³/mol. The van der Waals surface area contributed by atoms with Crippen LogP contribution in [0.15, 0.2) is 42.5 Å². The fourth-order valence-electron chi connectivity index (χ4n) is 2.14. The van der Waals surface area contributed by atoms with Crippen LogP contribution in [0.3, 0.4) is 0 Å². The van der Waals surface area contributed by atoms with Gasteiger partial charge in [0.05, 0.1) is 19.8 Å². The highest BCUT2D eigenvalue weighted by Crippen LogP contribution is 2.23. The van der Waals surface area contributed by atoms with Gasteiger partial charge in [-0.1, -0.05) is 11.6 Å². The van der Waals surface area contributed by atoms with Crippen molar-refractivity contribution in [2.45, 2.75) is 0 Å². The van der Waals surface area contributed by atoms with Crippen LogP contribution in [0.5, 0.6) is 11.5 Å². The molecule has 0 unspecified atom stereocenters. The van der Waals surface area contributed by atoms with E-state index in [1.165, 1.54) is 14.2 Å². The molecule has 2 amide bonds. The molecule has 2 N–H and O–H groups in total. The van der Waals surface area contributed by atoms with Crippen LogP contribution in [0.4, 0.5) is 0 Å². The smallest absolute Gasteiger partial charge is 0.255 e. The first-order valence-electron chi connectivity index (χ1n) is 7.59. The topological polar surface area (TPSA) is 76.7 Å². The summed E-state index contributed by atoms with van der Waals surface area (Å²) < 4.78 is 10.3. The third kappa shape index (κ3) is 5.12. The van der Waals surface area contributed by atoms with Crippen LogP contribution in [-0.4, -0.2) is 39.1 Å². The number of hydrogen-bond acceptors (Lipinski definition) is 4. The Hall–Kier alpha value is -2.73. The summed E-state index contributed by atoms with van der Waals surface area (Å²) in [5, 5.41) is 6.02. The zero-order chi connectivity index (χ0) is 18.2. The first-order valence-corrected chi connectivity index (χ1v) is 7.97. The summed E-state index contributed by atoms with van der Waals surface area (Å²) in [6.45, 7) is 0.567. The molecule has 0 aliphatic carbocycles. The number of nitrogens with one attached hydrogen (secondary N) is 2. The SMILES string of the molecule is COc1ccc(OC)c(C(=O)NCCNC(=O)c2ccc(Cl)cc2)c1. The monoisotopic (exact) mass is 362 g/mol. The summed E-state index contributed by atoms with van der Waals surface area (Å²) in [7, 11) is 3.01. The third-order valence-corrected chi connectivity index (χ3v) is 3.71. The molecule has 0 saturated heterocycles. The molecule has 2 aromatic carbocycles. The number of carbonyl (C=O) groups is 2. The zero-order valence-corrected chi connectivity index (χ0v) is 14.7. The summed E-state index contributed by atoms with van der Waals surface area (Å²) >= 11 is 5.78. The van der Waals surface area contributed by atoms with Gasteiger partial charge in [-0.05, 0) is 42.5 Å². The Bertz CT molecular complexity index is 747. The summed E-state index contributed by atoms with van der Waals surface area (Å²) in [4.78, 5) is 24.2. The quantitative estimate of drug-likeness (QED) is 0.742. The zero-order valence-electron chi connectivity index (χ0n) is 14.0. The van der Waals surface area contributed by atoms with Gasteiger partial charge in [-0.3, -0.25) is 9.59 Å². The van der Waals surface area contributed by atoms with Gasteiger partial charge < -0.3 is 20.1 Å². The molecule has 0 bridgehead atoms. The summed E-state index contributed by atoms with van der Waals surface area (Å²) in [6, 6.07) is 11.5. The van der Waals surface area contributed by atoms with Crippen LogP contribution in [0.1, 0.15) is 20.7 Å². The van der Waals surface area contributed by atoms with Crippen LogP contribution < -0.4 is 20.1 Å². The van der Waals surface area contributed by atoms with E-state index in [2.05, 4.69) is 10.6 Å². The summed E-state index contributed by atoms with van der Waals surface area (Å²) in [5.74, 6) is 0.465. The van der Waals surface area contributed by atoms with E-state index in [-0.39, 0.29) is 18.4 Å². The maximum absolute atomic E-state index is 12.3. The van der Waals surface area contributed by atoms with E-state index in [4.69, 9.17) is 21.1 Å². The molecule has 0 aromatic heterocycles. The van der Waals surface area contributed by atoms with E-state index in [0.29, 0.717) is 34.2 Å². The number of rotatable bonds is 7. The van der Waals surface area contributed by atoms with E-state index >= 15 is 0 Å². The first kappa shape index (κ1) is 18.6. The van der Waals surface area contributed by atoms with Crippen molar-refractivity contribution in [3.05, 3.63) is 58.6 Å². The number of halogens is 1. The normalized spacial score (nSPS) is 10.0. The van der Waals surface area contributed by atoms with Gasteiger partial charge in [0.2, 0.25) is 0 Å². The molecule has 132 valence electrons. The van der Waals surface area contributed by atoms with Crippen LogP contribution in [0.25, 0.3) is 0 Å². The van der Waals surface area contributed by atoms with E-state index in [1.54, 1.807) is 42.5 Å². The second-order valence-electron chi connectivity index (χ2n) is 5.08. The summed E-state index contributed by atoms with van der Waals surface area (Å²) in [5.41, 5.74) is 0.871. The lowest BCUT2D eigenvalue weighted by molar-refractivity contribution is 0.0926. The van der Waals surface area contributed by atoms with Gasteiger partial charge in [0.15, 0.2) is 0 Å². The number of methoxy groups -OCH3 is 2. The minimum Gasteiger partial charge on any atom is -0.497 e. The molecule has 0 fully saturated rings. The van der Waals surface area contributed by atoms with Crippen LogP contribution in [0.2, 0.25) is 5.02 Å².